The van der Waals surface area contributed by atoms with Gasteiger partial charge in [0.25, 0.3) is 0 Å². The first-order valence-electron chi connectivity index (χ1n) is 8.31. The third-order valence-electron chi connectivity index (χ3n) is 4.46. The number of rotatable bonds is 5. The van der Waals surface area contributed by atoms with E-state index in [0.717, 1.165) is 25.9 Å². The van der Waals surface area contributed by atoms with Crippen molar-refractivity contribution in [2.24, 2.45) is 0 Å². The molecule has 128 valence electrons. The van der Waals surface area contributed by atoms with Gasteiger partial charge in [0.15, 0.2) is 0 Å². The van der Waals surface area contributed by atoms with Crippen molar-refractivity contribution in [3.63, 3.8) is 0 Å². The Morgan fingerprint density at radius 3 is 2.70 bits per heavy atom. The van der Waals surface area contributed by atoms with Gasteiger partial charge in [0.2, 0.25) is 5.91 Å². The van der Waals surface area contributed by atoms with Gasteiger partial charge in [-0.25, -0.2) is 4.79 Å². The summed E-state index contributed by atoms with van der Waals surface area (Å²) in [4.78, 5) is 29.7. The van der Waals surface area contributed by atoms with Crippen LogP contribution >= 0.6 is 0 Å². The SMILES string of the molecule is CC(C)(C)N1CCN(CCNCC(=O)N2CCC[C@H]2C#N)C1=O. The molecule has 0 radical (unpaired) electrons. The van der Waals surface area contributed by atoms with E-state index in [9.17, 15) is 9.59 Å². The Bertz CT molecular complexity index is 494. The van der Waals surface area contributed by atoms with E-state index in [2.05, 4.69) is 11.4 Å². The summed E-state index contributed by atoms with van der Waals surface area (Å²) in [6.07, 6.45) is 1.67. The quantitative estimate of drug-likeness (QED) is 0.753. The van der Waals surface area contributed by atoms with Gasteiger partial charge in [-0.15, -0.1) is 0 Å². The minimum absolute atomic E-state index is 0.0295. The molecule has 0 aliphatic carbocycles. The Labute approximate surface area is 138 Å². The van der Waals surface area contributed by atoms with Crippen molar-refractivity contribution in [3.8, 4) is 6.07 Å². The zero-order valence-corrected chi connectivity index (χ0v) is 14.3. The van der Waals surface area contributed by atoms with Gasteiger partial charge in [-0.1, -0.05) is 0 Å². The van der Waals surface area contributed by atoms with E-state index in [1.54, 1.807) is 4.90 Å². The molecule has 7 heteroatoms. The van der Waals surface area contributed by atoms with E-state index in [1.165, 1.54) is 0 Å². The van der Waals surface area contributed by atoms with Crippen LogP contribution < -0.4 is 5.32 Å². The summed E-state index contributed by atoms with van der Waals surface area (Å²) in [7, 11) is 0. The largest absolute Gasteiger partial charge is 0.326 e. The molecule has 0 aromatic heterocycles. The molecule has 3 amide bonds. The second-order valence-electron chi connectivity index (χ2n) is 7.14. The zero-order valence-electron chi connectivity index (χ0n) is 14.3. The van der Waals surface area contributed by atoms with Gasteiger partial charge in [0, 0.05) is 38.3 Å². The van der Waals surface area contributed by atoms with Crippen LogP contribution in [-0.2, 0) is 4.79 Å². The average molecular weight is 321 g/mol. The first kappa shape index (κ1) is 17.5. The summed E-state index contributed by atoms with van der Waals surface area (Å²) in [5.41, 5.74) is -0.155. The second-order valence-corrected chi connectivity index (χ2v) is 7.14. The molecule has 0 aromatic carbocycles. The van der Waals surface area contributed by atoms with Crippen LogP contribution in [0.15, 0.2) is 0 Å². The van der Waals surface area contributed by atoms with Crippen LogP contribution in [0.3, 0.4) is 0 Å². The first-order chi connectivity index (χ1) is 10.8. The van der Waals surface area contributed by atoms with Crippen molar-refractivity contribution >= 4 is 11.9 Å². The molecule has 0 aromatic rings. The van der Waals surface area contributed by atoms with Crippen molar-refractivity contribution in [2.75, 3.05) is 39.3 Å². The highest BCUT2D eigenvalue weighted by Crippen LogP contribution is 2.20. The summed E-state index contributed by atoms with van der Waals surface area (Å²) < 4.78 is 0. The smallest absolute Gasteiger partial charge is 0.320 e. The molecular weight excluding hydrogens is 294 g/mol. The predicted octanol–water partition coefficient (Wildman–Crippen LogP) is 0.627. The number of hydrogen-bond donors (Lipinski definition) is 1. The molecule has 2 aliphatic heterocycles. The Kier molecular flexibility index (Phi) is 5.47. The van der Waals surface area contributed by atoms with E-state index in [-0.39, 0.29) is 30.1 Å². The number of nitrogens with one attached hydrogen (secondary N) is 1. The Hall–Kier alpha value is -1.81. The normalized spacial score (nSPS) is 21.9. The van der Waals surface area contributed by atoms with Crippen LogP contribution in [0.2, 0.25) is 0 Å². The van der Waals surface area contributed by atoms with Crippen molar-refractivity contribution in [3.05, 3.63) is 0 Å². The monoisotopic (exact) mass is 321 g/mol. The lowest BCUT2D eigenvalue weighted by Crippen LogP contribution is -2.46. The van der Waals surface area contributed by atoms with Crippen LogP contribution in [-0.4, -0.2) is 77.5 Å². The highest BCUT2D eigenvalue weighted by atomic mass is 16.2. The summed E-state index contributed by atoms with van der Waals surface area (Å²) in [5.74, 6) is -0.0295. The van der Waals surface area contributed by atoms with Gasteiger partial charge in [-0.05, 0) is 33.6 Å². The maximum Gasteiger partial charge on any atom is 0.320 e. The number of urea groups is 1. The number of carbonyl (C=O) groups is 2. The highest BCUT2D eigenvalue weighted by Gasteiger charge is 2.35. The lowest BCUT2D eigenvalue weighted by molar-refractivity contribution is -0.130. The van der Waals surface area contributed by atoms with Gasteiger partial charge in [0.1, 0.15) is 6.04 Å². The average Bonchev–Trinajstić information content (AvgIpc) is 3.09. The fourth-order valence-corrected chi connectivity index (χ4v) is 3.12. The van der Waals surface area contributed by atoms with E-state index in [0.29, 0.717) is 19.6 Å². The lowest BCUT2D eigenvalue weighted by atomic mass is 10.1. The molecule has 0 saturated carbocycles. The maximum atomic E-state index is 12.3. The van der Waals surface area contributed by atoms with Gasteiger partial charge in [0.05, 0.1) is 12.6 Å². The van der Waals surface area contributed by atoms with Gasteiger partial charge < -0.3 is 20.0 Å². The Morgan fingerprint density at radius 2 is 2.09 bits per heavy atom. The third kappa shape index (κ3) is 4.14. The summed E-state index contributed by atoms with van der Waals surface area (Å²) >= 11 is 0. The summed E-state index contributed by atoms with van der Waals surface area (Å²) in [6, 6.07) is 1.96. The fraction of sp³-hybridized carbons (Fsp3) is 0.812. The number of nitrogens with zero attached hydrogens (tertiary/aromatic N) is 4. The molecule has 0 spiro atoms. The molecular formula is C16H27N5O2. The molecule has 2 saturated heterocycles. The molecule has 2 aliphatic rings. The van der Waals surface area contributed by atoms with Crippen molar-refractivity contribution in [2.45, 2.75) is 45.2 Å². The number of likely N-dealkylation sites (tertiary alicyclic amines) is 1. The van der Waals surface area contributed by atoms with Crippen LogP contribution in [0.4, 0.5) is 4.79 Å². The third-order valence-corrected chi connectivity index (χ3v) is 4.46. The van der Waals surface area contributed by atoms with E-state index < -0.39 is 0 Å². The topological polar surface area (TPSA) is 79.7 Å². The molecule has 2 fully saturated rings. The van der Waals surface area contributed by atoms with Gasteiger partial charge >= 0.3 is 6.03 Å². The maximum absolute atomic E-state index is 12.3. The van der Waals surface area contributed by atoms with Crippen molar-refractivity contribution in [1.29, 1.82) is 5.26 Å². The van der Waals surface area contributed by atoms with E-state index >= 15 is 0 Å². The van der Waals surface area contributed by atoms with Crippen LogP contribution in [0.5, 0.6) is 0 Å². The molecule has 2 heterocycles. The van der Waals surface area contributed by atoms with Crippen LogP contribution in [0.1, 0.15) is 33.6 Å². The lowest BCUT2D eigenvalue weighted by Gasteiger charge is -2.31. The molecule has 1 atom stereocenters. The second kappa shape index (κ2) is 7.18. The molecule has 0 bridgehead atoms. The molecule has 1 N–H and O–H groups in total. The first-order valence-corrected chi connectivity index (χ1v) is 8.31. The molecule has 23 heavy (non-hydrogen) atoms. The van der Waals surface area contributed by atoms with E-state index in [1.807, 2.05) is 30.6 Å². The number of amides is 3. The minimum Gasteiger partial charge on any atom is -0.326 e. The summed E-state index contributed by atoms with van der Waals surface area (Å²) in [6.45, 7) is 9.66. The van der Waals surface area contributed by atoms with E-state index in [4.69, 9.17) is 5.26 Å². The molecule has 7 nitrogen and oxygen atoms in total. The Balaban J connectivity index is 1.69. The van der Waals surface area contributed by atoms with Crippen molar-refractivity contribution in [1.82, 2.24) is 20.0 Å². The predicted molar refractivity (Wildman–Crippen MR) is 86.6 cm³/mol. The molecule has 0 unspecified atom stereocenters. The minimum atomic E-state index is -0.273. The number of nitriles is 1. The Morgan fingerprint density at radius 1 is 1.35 bits per heavy atom. The van der Waals surface area contributed by atoms with Crippen LogP contribution in [0, 0.1) is 11.3 Å². The highest BCUT2D eigenvalue weighted by molar-refractivity contribution is 5.79. The number of hydrogen-bond acceptors (Lipinski definition) is 4. The van der Waals surface area contributed by atoms with Gasteiger partial charge in [-0.3, -0.25) is 4.79 Å². The van der Waals surface area contributed by atoms with Crippen LogP contribution in [0.25, 0.3) is 0 Å². The fourth-order valence-electron chi connectivity index (χ4n) is 3.12. The van der Waals surface area contributed by atoms with Crippen molar-refractivity contribution < 1.29 is 9.59 Å². The zero-order chi connectivity index (χ0) is 17.0. The van der Waals surface area contributed by atoms with Gasteiger partial charge in [-0.2, -0.15) is 5.26 Å². The number of carbonyl (C=O) groups excluding carboxylic acids is 2. The summed E-state index contributed by atoms with van der Waals surface area (Å²) in [5, 5.41) is 12.1. The standard InChI is InChI=1S/C16H27N5O2/c1-16(2,3)21-10-9-19(15(21)23)8-6-18-12-14(22)20-7-4-5-13(20)11-17/h13,18H,4-10,12H2,1-3H3/t13-/m0/s1. The molecule has 2 rings (SSSR count).